The molecule has 0 N–H and O–H groups in total. The Morgan fingerprint density at radius 3 is 1.22 bits per heavy atom. The van der Waals surface area contributed by atoms with E-state index in [1.54, 1.807) is 0 Å². The highest BCUT2D eigenvalue weighted by Gasteiger charge is 2.53. The first-order chi connectivity index (χ1) is 28.5. The quantitative estimate of drug-likeness (QED) is 0.176. The van der Waals surface area contributed by atoms with Gasteiger partial charge in [-0.2, -0.15) is 0 Å². The number of hydrogen-bond acceptors (Lipinski definition) is 3. The molecule has 0 amide bonds. The lowest BCUT2D eigenvalue weighted by Crippen LogP contribution is -2.40. The van der Waals surface area contributed by atoms with Gasteiger partial charge in [-0.05, 0) is 91.0 Å². The van der Waals surface area contributed by atoms with Crippen LogP contribution in [0.25, 0.3) is 67.5 Å². The number of nitrogens with zero attached hydrogens (tertiary/aromatic N) is 3. The monoisotopic (exact) mass is 741 g/mol. The van der Waals surface area contributed by atoms with E-state index in [0.29, 0.717) is 17.5 Å². The number of fused-ring (bicyclic) bond motifs is 9. The first-order valence-electron chi connectivity index (χ1n) is 20.0. The summed E-state index contributed by atoms with van der Waals surface area (Å²) in [4.78, 5) is 15.8. The van der Waals surface area contributed by atoms with Crippen LogP contribution >= 0.6 is 0 Å². The highest BCUT2D eigenvalue weighted by atomic mass is 15.0. The maximum Gasteiger partial charge on any atom is 0.164 e. The summed E-state index contributed by atoms with van der Waals surface area (Å²) in [7, 11) is 0. The molecule has 2 aliphatic carbocycles. The summed E-state index contributed by atoms with van der Waals surface area (Å²) in [6.45, 7) is 4.73. The van der Waals surface area contributed by atoms with Gasteiger partial charge in [-0.25, -0.2) is 15.0 Å². The number of aromatic nitrogens is 3. The van der Waals surface area contributed by atoms with Crippen LogP contribution in [0.5, 0.6) is 0 Å². The number of hydrogen-bond donors (Lipinski definition) is 0. The van der Waals surface area contributed by atoms with Crippen molar-refractivity contribution in [2.45, 2.75) is 24.7 Å². The summed E-state index contributed by atoms with van der Waals surface area (Å²) in [5, 5.41) is 0. The molecule has 1 heterocycles. The topological polar surface area (TPSA) is 38.7 Å². The molecule has 9 aromatic rings. The fraction of sp³-hybridized carbons (Fsp3) is 0.0727. The van der Waals surface area contributed by atoms with Crippen molar-refractivity contribution in [1.82, 2.24) is 15.0 Å². The van der Waals surface area contributed by atoms with Crippen LogP contribution in [0, 0.1) is 0 Å². The van der Waals surface area contributed by atoms with Crippen LogP contribution in [-0.4, -0.2) is 15.0 Å². The Hall–Kier alpha value is -7.23. The largest absolute Gasteiger partial charge is 0.208 e. The van der Waals surface area contributed by atoms with E-state index in [0.717, 1.165) is 38.9 Å². The van der Waals surface area contributed by atoms with Gasteiger partial charge >= 0.3 is 0 Å². The summed E-state index contributed by atoms with van der Waals surface area (Å²) >= 11 is 0. The van der Waals surface area contributed by atoms with Crippen molar-refractivity contribution < 1.29 is 0 Å². The van der Waals surface area contributed by atoms with E-state index in [1.807, 2.05) is 18.2 Å². The SMILES string of the molecule is CC1(C)c2ccccc2C2(c3ccccc3-c3ccc(-c4nc(-c5ccccc5)nc(-c5cc(-c6ccccc6)cc(-c6ccccc6)c5)n4)cc32)c2ccccc21. The van der Waals surface area contributed by atoms with E-state index >= 15 is 0 Å². The second-order valence-electron chi connectivity index (χ2n) is 16.0. The van der Waals surface area contributed by atoms with E-state index in [2.05, 4.69) is 196 Å². The molecule has 0 saturated carbocycles. The molecule has 1 spiro atoms. The molecule has 3 nitrogen and oxygen atoms in total. The minimum Gasteiger partial charge on any atom is -0.208 e. The Kier molecular flexibility index (Phi) is 7.74. The molecule has 0 saturated heterocycles. The predicted octanol–water partition coefficient (Wildman–Crippen LogP) is 13.2. The van der Waals surface area contributed by atoms with Gasteiger partial charge in [0, 0.05) is 22.1 Å². The number of rotatable bonds is 5. The molecule has 2 aliphatic rings. The van der Waals surface area contributed by atoms with Crippen LogP contribution in [-0.2, 0) is 10.8 Å². The molecule has 0 bridgehead atoms. The van der Waals surface area contributed by atoms with Crippen LogP contribution in [0.2, 0.25) is 0 Å². The van der Waals surface area contributed by atoms with Crippen LogP contribution in [0.4, 0.5) is 0 Å². The van der Waals surface area contributed by atoms with Gasteiger partial charge in [0.15, 0.2) is 17.5 Å². The van der Waals surface area contributed by atoms with Gasteiger partial charge in [0.25, 0.3) is 0 Å². The van der Waals surface area contributed by atoms with Crippen molar-refractivity contribution in [3.63, 3.8) is 0 Å². The molecule has 0 atom stereocenters. The smallest absolute Gasteiger partial charge is 0.164 e. The van der Waals surface area contributed by atoms with Crippen molar-refractivity contribution in [3.8, 4) is 67.5 Å². The molecule has 1 aromatic heterocycles. The molecule has 0 aliphatic heterocycles. The standard InChI is InChI=1S/C55H39N3/c1-54(2)46-26-14-16-28-48(46)55(49-29-17-15-27-47(49)54)45-25-13-12-24-43(45)44-31-30-39(35-50(44)55)52-56-51(38-22-10-5-11-23-38)57-53(58-52)42-33-40(36-18-6-3-7-19-36)32-41(34-42)37-20-8-4-9-21-37/h3-35H,1-2H3. The molecule has 11 rings (SSSR count). The summed E-state index contributed by atoms with van der Waals surface area (Å²) in [5.41, 5.74) is 17.1. The molecule has 0 radical (unpaired) electrons. The van der Waals surface area contributed by atoms with E-state index in [4.69, 9.17) is 15.0 Å². The van der Waals surface area contributed by atoms with E-state index in [1.165, 1.54) is 44.5 Å². The zero-order valence-electron chi connectivity index (χ0n) is 32.4. The average molecular weight is 742 g/mol. The van der Waals surface area contributed by atoms with Crippen molar-refractivity contribution in [3.05, 3.63) is 234 Å². The van der Waals surface area contributed by atoms with E-state index in [-0.39, 0.29) is 5.41 Å². The Labute approximate surface area is 339 Å². The van der Waals surface area contributed by atoms with Crippen LogP contribution < -0.4 is 0 Å². The molecule has 0 fully saturated rings. The highest BCUT2D eigenvalue weighted by molar-refractivity contribution is 5.90. The second-order valence-corrected chi connectivity index (χ2v) is 16.0. The van der Waals surface area contributed by atoms with Gasteiger partial charge in [-0.1, -0.05) is 190 Å². The fourth-order valence-electron chi connectivity index (χ4n) is 9.70. The average Bonchev–Trinajstić information content (AvgIpc) is 3.59. The maximum absolute atomic E-state index is 5.37. The Morgan fingerprint density at radius 2 is 0.672 bits per heavy atom. The summed E-state index contributed by atoms with van der Waals surface area (Å²) in [6, 6.07) is 72.0. The summed E-state index contributed by atoms with van der Waals surface area (Å²) in [5.74, 6) is 1.91. The third kappa shape index (κ3) is 5.17. The minimum atomic E-state index is -0.517. The summed E-state index contributed by atoms with van der Waals surface area (Å²) < 4.78 is 0. The molecular weight excluding hydrogens is 703 g/mol. The third-order valence-electron chi connectivity index (χ3n) is 12.4. The molecule has 8 aromatic carbocycles. The van der Waals surface area contributed by atoms with Crippen molar-refractivity contribution >= 4 is 0 Å². The second kappa shape index (κ2) is 13.2. The summed E-state index contributed by atoms with van der Waals surface area (Å²) in [6.07, 6.45) is 0. The van der Waals surface area contributed by atoms with Crippen LogP contribution in [0.1, 0.15) is 47.2 Å². The fourth-order valence-corrected chi connectivity index (χ4v) is 9.70. The van der Waals surface area contributed by atoms with E-state index < -0.39 is 5.41 Å². The van der Waals surface area contributed by atoms with Crippen molar-refractivity contribution in [1.29, 1.82) is 0 Å². The first-order valence-corrected chi connectivity index (χ1v) is 20.0. The van der Waals surface area contributed by atoms with Gasteiger partial charge in [-0.15, -0.1) is 0 Å². The first kappa shape index (κ1) is 34.1. The van der Waals surface area contributed by atoms with Crippen LogP contribution in [0.15, 0.2) is 200 Å². The Bertz CT molecular complexity index is 2910. The maximum atomic E-state index is 5.37. The molecular formula is C55H39N3. The molecule has 3 heteroatoms. The van der Waals surface area contributed by atoms with Gasteiger partial charge in [0.05, 0.1) is 5.41 Å². The number of benzene rings is 8. The Morgan fingerprint density at radius 1 is 0.276 bits per heavy atom. The van der Waals surface area contributed by atoms with Crippen LogP contribution in [0.3, 0.4) is 0 Å². The Balaban J connectivity index is 1.17. The molecule has 58 heavy (non-hydrogen) atoms. The lowest BCUT2D eigenvalue weighted by Gasteiger charge is -2.46. The van der Waals surface area contributed by atoms with Gasteiger partial charge in [0.2, 0.25) is 0 Å². The lowest BCUT2D eigenvalue weighted by molar-refractivity contribution is 0.563. The van der Waals surface area contributed by atoms with Gasteiger partial charge < -0.3 is 0 Å². The normalized spacial score (nSPS) is 14.0. The zero-order chi connectivity index (χ0) is 38.8. The van der Waals surface area contributed by atoms with Crippen molar-refractivity contribution in [2.75, 3.05) is 0 Å². The van der Waals surface area contributed by atoms with Gasteiger partial charge in [0.1, 0.15) is 0 Å². The van der Waals surface area contributed by atoms with Gasteiger partial charge in [-0.3, -0.25) is 0 Å². The lowest BCUT2D eigenvalue weighted by atomic mass is 9.55. The highest BCUT2D eigenvalue weighted by Crippen LogP contribution is 2.62. The third-order valence-corrected chi connectivity index (χ3v) is 12.4. The predicted molar refractivity (Wildman–Crippen MR) is 236 cm³/mol. The van der Waals surface area contributed by atoms with Crippen molar-refractivity contribution in [2.24, 2.45) is 0 Å². The molecule has 0 unspecified atom stereocenters. The van der Waals surface area contributed by atoms with E-state index in [9.17, 15) is 0 Å². The molecule has 274 valence electrons. The minimum absolute atomic E-state index is 0.172. The zero-order valence-corrected chi connectivity index (χ0v) is 32.4.